The molecule has 6 nitrogen and oxygen atoms in total. The second kappa shape index (κ2) is 10.1. The van der Waals surface area contributed by atoms with Gasteiger partial charge in [0.2, 0.25) is 5.88 Å². The molecule has 0 fully saturated rings. The number of benzene rings is 2. The number of ether oxygens (including phenoxy) is 2. The maximum Gasteiger partial charge on any atom is 0.260 e. The molecule has 156 valence electrons. The molecule has 0 aliphatic rings. The van der Waals surface area contributed by atoms with E-state index in [-0.39, 0.29) is 12.5 Å². The fraction of sp³-hybridized carbons (Fsp3) is 0.261. The zero-order valence-corrected chi connectivity index (χ0v) is 17.9. The molecule has 1 N–H and O–H groups in total. The molecular weight excluding hydrogens is 402 g/mol. The van der Waals surface area contributed by atoms with Crippen molar-refractivity contribution in [1.29, 1.82) is 0 Å². The second-order valence-electron chi connectivity index (χ2n) is 6.93. The quantitative estimate of drug-likeness (QED) is 0.542. The van der Waals surface area contributed by atoms with Crippen molar-refractivity contribution in [2.75, 3.05) is 13.2 Å². The van der Waals surface area contributed by atoms with Gasteiger partial charge in [-0.05, 0) is 50.6 Å². The summed E-state index contributed by atoms with van der Waals surface area (Å²) in [6.07, 6.45) is -0.640. The van der Waals surface area contributed by atoms with Crippen LogP contribution < -0.4 is 14.8 Å². The minimum atomic E-state index is -0.640. The molecule has 0 spiro atoms. The Morgan fingerprint density at radius 1 is 1.07 bits per heavy atom. The number of halogens is 1. The standard InChI is InChI=1S/C23H24ClN3O3/c1-15-4-6-18(7-5-15)21-10-11-22(27-26-21)29-13-12-25-23(28)17(3)30-19-8-9-20(24)16(2)14-19/h4-11,14,17H,12-13H2,1-3H3,(H,25,28). The van der Waals surface area contributed by atoms with Crippen molar-refractivity contribution in [2.45, 2.75) is 26.9 Å². The van der Waals surface area contributed by atoms with Crippen molar-refractivity contribution >= 4 is 17.5 Å². The van der Waals surface area contributed by atoms with E-state index in [9.17, 15) is 4.79 Å². The second-order valence-corrected chi connectivity index (χ2v) is 7.34. The van der Waals surface area contributed by atoms with Crippen LogP contribution >= 0.6 is 11.6 Å². The summed E-state index contributed by atoms with van der Waals surface area (Å²) < 4.78 is 11.2. The highest BCUT2D eigenvalue weighted by Crippen LogP contribution is 2.22. The van der Waals surface area contributed by atoms with E-state index >= 15 is 0 Å². The Kier molecular flexibility index (Phi) is 7.25. The van der Waals surface area contributed by atoms with Gasteiger partial charge in [-0.25, -0.2) is 0 Å². The number of nitrogens with zero attached hydrogens (tertiary/aromatic N) is 2. The summed E-state index contributed by atoms with van der Waals surface area (Å²) in [4.78, 5) is 12.2. The van der Waals surface area contributed by atoms with Crippen LogP contribution in [0.4, 0.5) is 0 Å². The summed E-state index contributed by atoms with van der Waals surface area (Å²) in [7, 11) is 0. The smallest absolute Gasteiger partial charge is 0.260 e. The van der Waals surface area contributed by atoms with E-state index in [0.717, 1.165) is 16.8 Å². The zero-order valence-electron chi connectivity index (χ0n) is 17.2. The van der Waals surface area contributed by atoms with Gasteiger partial charge in [0, 0.05) is 16.7 Å². The van der Waals surface area contributed by atoms with Crippen molar-refractivity contribution < 1.29 is 14.3 Å². The van der Waals surface area contributed by atoms with Crippen molar-refractivity contribution in [3.63, 3.8) is 0 Å². The third-order valence-electron chi connectivity index (χ3n) is 4.45. The topological polar surface area (TPSA) is 73.3 Å². The highest BCUT2D eigenvalue weighted by Gasteiger charge is 2.14. The number of amides is 1. The van der Waals surface area contributed by atoms with E-state index in [1.54, 1.807) is 31.2 Å². The Hall–Kier alpha value is -3.12. The van der Waals surface area contributed by atoms with Gasteiger partial charge in [-0.2, -0.15) is 0 Å². The summed E-state index contributed by atoms with van der Waals surface area (Å²) in [5.41, 5.74) is 3.86. The van der Waals surface area contributed by atoms with Crippen LogP contribution in [-0.2, 0) is 4.79 Å². The van der Waals surface area contributed by atoms with Crippen LogP contribution in [0.2, 0.25) is 5.02 Å². The predicted octanol–water partition coefficient (Wildman–Crippen LogP) is 4.38. The number of rotatable bonds is 8. The summed E-state index contributed by atoms with van der Waals surface area (Å²) in [5.74, 6) is 0.771. The fourth-order valence-corrected chi connectivity index (χ4v) is 2.81. The number of hydrogen-bond donors (Lipinski definition) is 1. The first-order valence-corrected chi connectivity index (χ1v) is 10.0. The van der Waals surface area contributed by atoms with Gasteiger partial charge in [-0.1, -0.05) is 41.4 Å². The Labute approximate surface area is 181 Å². The number of carbonyl (C=O) groups excluding carboxylic acids is 1. The van der Waals surface area contributed by atoms with E-state index in [4.69, 9.17) is 21.1 Å². The fourth-order valence-electron chi connectivity index (χ4n) is 2.70. The molecule has 7 heteroatoms. The predicted molar refractivity (Wildman–Crippen MR) is 117 cm³/mol. The lowest BCUT2D eigenvalue weighted by atomic mass is 10.1. The zero-order chi connectivity index (χ0) is 21.5. The maximum absolute atomic E-state index is 12.2. The first-order chi connectivity index (χ1) is 14.4. The van der Waals surface area contributed by atoms with E-state index in [1.807, 2.05) is 44.2 Å². The van der Waals surface area contributed by atoms with Crippen molar-refractivity contribution in [2.24, 2.45) is 0 Å². The van der Waals surface area contributed by atoms with E-state index in [2.05, 4.69) is 15.5 Å². The molecule has 0 aliphatic carbocycles. The van der Waals surface area contributed by atoms with Crippen molar-refractivity contribution in [1.82, 2.24) is 15.5 Å². The molecule has 0 bridgehead atoms. The molecule has 3 aromatic rings. The summed E-state index contributed by atoms with van der Waals surface area (Å²) in [6.45, 7) is 6.21. The third kappa shape index (κ3) is 5.94. The normalized spacial score (nSPS) is 11.6. The molecule has 3 rings (SSSR count). The van der Waals surface area contributed by atoms with Crippen LogP contribution in [0.15, 0.2) is 54.6 Å². The minimum absolute atomic E-state index is 0.230. The SMILES string of the molecule is Cc1ccc(-c2ccc(OCCNC(=O)C(C)Oc3ccc(Cl)c(C)c3)nn2)cc1. The van der Waals surface area contributed by atoms with Crippen LogP contribution in [0.3, 0.4) is 0 Å². The van der Waals surface area contributed by atoms with Gasteiger partial charge in [-0.3, -0.25) is 4.79 Å². The molecule has 0 aliphatic heterocycles. The minimum Gasteiger partial charge on any atom is -0.481 e. The number of nitrogens with one attached hydrogen (secondary N) is 1. The lowest BCUT2D eigenvalue weighted by molar-refractivity contribution is -0.127. The summed E-state index contributed by atoms with van der Waals surface area (Å²) >= 11 is 6.00. The number of aromatic nitrogens is 2. The van der Waals surface area contributed by atoms with E-state index in [0.29, 0.717) is 23.2 Å². The van der Waals surface area contributed by atoms with Gasteiger partial charge in [0.15, 0.2) is 6.10 Å². The molecule has 0 radical (unpaired) electrons. The molecule has 1 amide bonds. The number of aryl methyl sites for hydroxylation is 2. The first kappa shape index (κ1) is 21.6. The van der Waals surface area contributed by atoms with Gasteiger partial charge in [-0.15, -0.1) is 10.2 Å². The van der Waals surface area contributed by atoms with Crippen molar-refractivity contribution in [3.05, 3.63) is 70.7 Å². The molecule has 30 heavy (non-hydrogen) atoms. The Bertz CT molecular complexity index is 992. The number of hydrogen-bond acceptors (Lipinski definition) is 5. The Morgan fingerprint density at radius 2 is 1.83 bits per heavy atom. The highest BCUT2D eigenvalue weighted by atomic mass is 35.5. The van der Waals surface area contributed by atoms with E-state index in [1.165, 1.54) is 5.56 Å². The average molecular weight is 426 g/mol. The Morgan fingerprint density at radius 3 is 2.50 bits per heavy atom. The van der Waals surface area contributed by atoms with Gasteiger partial charge < -0.3 is 14.8 Å². The molecule has 0 saturated heterocycles. The Balaban J connectivity index is 1.42. The molecule has 1 atom stereocenters. The molecule has 1 heterocycles. The van der Waals surface area contributed by atoms with Gasteiger partial charge in [0.1, 0.15) is 12.4 Å². The maximum atomic E-state index is 12.2. The van der Waals surface area contributed by atoms with Gasteiger partial charge >= 0.3 is 0 Å². The van der Waals surface area contributed by atoms with Crippen LogP contribution in [0.1, 0.15) is 18.1 Å². The van der Waals surface area contributed by atoms with Gasteiger partial charge in [0.05, 0.1) is 12.2 Å². The molecule has 1 unspecified atom stereocenters. The monoisotopic (exact) mass is 425 g/mol. The van der Waals surface area contributed by atoms with Crippen molar-refractivity contribution in [3.8, 4) is 22.9 Å². The molecule has 2 aromatic carbocycles. The third-order valence-corrected chi connectivity index (χ3v) is 4.87. The van der Waals surface area contributed by atoms with Crippen LogP contribution in [0.25, 0.3) is 11.3 Å². The van der Waals surface area contributed by atoms with Crippen LogP contribution in [-0.4, -0.2) is 35.4 Å². The highest BCUT2D eigenvalue weighted by molar-refractivity contribution is 6.31. The first-order valence-electron chi connectivity index (χ1n) is 9.66. The lowest BCUT2D eigenvalue weighted by Crippen LogP contribution is -2.38. The molecule has 0 saturated carbocycles. The molecular formula is C23H24ClN3O3. The van der Waals surface area contributed by atoms with E-state index < -0.39 is 6.10 Å². The van der Waals surface area contributed by atoms with Crippen LogP contribution in [0, 0.1) is 13.8 Å². The molecule has 1 aromatic heterocycles. The summed E-state index contributed by atoms with van der Waals surface area (Å²) in [5, 5.41) is 11.7. The summed E-state index contributed by atoms with van der Waals surface area (Å²) in [6, 6.07) is 17.0. The van der Waals surface area contributed by atoms with Gasteiger partial charge in [0.25, 0.3) is 5.91 Å². The average Bonchev–Trinajstić information content (AvgIpc) is 2.74. The largest absolute Gasteiger partial charge is 0.481 e. The lowest BCUT2D eigenvalue weighted by Gasteiger charge is -2.15. The van der Waals surface area contributed by atoms with Crippen LogP contribution in [0.5, 0.6) is 11.6 Å². The number of carbonyl (C=O) groups is 1.